The maximum atomic E-state index is 2.46. The summed E-state index contributed by atoms with van der Waals surface area (Å²) in [5.74, 6) is 0. The van der Waals surface area contributed by atoms with Gasteiger partial charge in [0.1, 0.15) is 0 Å². The first-order valence-electron chi connectivity index (χ1n) is 29.7. The molecule has 12 aromatic carbocycles. The van der Waals surface area contributed by atoms with Crippen LogP contribution in [0.15, 0.2) is 291 Å². The topological polar surface area (TPSA) is 16.3 Å². The van der Waals surface area contributed by atoms with Crippen molar-refractivity contribution in [3.63, 3.8) is 0 Å². The molecule has 0 aliphatic heterocycles. The van der Waals surface area contributed by atoms with Gasteiger partial charge in [0.15, 0.2) is 0 Å². The van der Waals surface area contributed by atoms with Gasteiger partial charge < -0.3 is 18.9 Å². The Hall–Kier alpha value is -10.2. The first kappa shape index (κ1) is 50.8. The van der Waals surface area contributed by atoms with Gasteiger partial charge in [-0.3, -0.25) is 0 Å². The Bertz CT molecular complexity index is 4300. The Balaban J connectivity index is 0.000000143. The van der Waals surface area contributed by atoms with E-state index in [2.05, 4.69) is 338 Å². The smallest absolute Gasteiger partial charge is 0.0541 e. The van der Waals surface area contributed by atoms with Gasteiger partial charge in [-0.1, -0.05) is 198 Å². The zero-order chi connectivity index (χ0) is 56.5. The number of rotatable bonds is 10. The standard InChI is InChI=1S/C40H30N2.C40H34N2/c1-3-40(2)34-24-26(41-36-16-8-4-12-30(36)31-13-5-9-17-37(31)41)20-22-28(34)29-23-21-27(25-35(29)40)42-38-18-10-6-14-32(38)33-15-7-11-19-39(33)42;1-3-40(2)38-28-34(41(30-16-8-4-9-17-30)31-18-10-5-11-19-31)24-26-36(38)37-27-25-35(29-39(37)40)42(32-20-12-6-13-21-32)33-22-14-7-15-23-33/h4-25H,3H2,1-2H3;4-29H,3H2,1-2H3. The van der Waals surface area contributed by atoms with Crippen LogP contribution in [0.25, 0.3) is 77.2 Å². The summed E-state index contributed by atoms with van der Waals surface area (Å²) in [6, 6.07) is 106. The van der Waals surface area contributed by atoms with Crippen LogP contribution in [0.3, 0.4) is 0 Å². The highest BCUT2D eigenvalue weighted by Crippen LogP contribution is 2.55. The van der Waals surface area contributed by atoms with E-state index in [1.807, 2.05) is 0 Å². The molecule has 4 nitrogen and oxygen atoms in total. The Morgan fingerprint density at radius 3 is 0.798 bits per heavy atom. The highest BCUT2D eigenvalue weighted by atomic mass is 15.1. The molecule has 2 aliphatic rings. The lowest BCUT2D eigenvalue weighted by Crippen LogP contribution is -2.20. The molecule has 0 spiro atoms. The summed E-state index contributed by atoms with van der Waals surface area (Å²) >= 11 is 0. The summed E-state index contributed by atoms with van der Waals surface area (Å²) in [6.07, 6.45) is 2.04. The third-order valence-corrected chi connectivity index (χ3v) is 18.6. The molecule has 0 radical (unpaired) electrons. The van der Waals surface area contributed by atoms with Gasteiger partial charge in [-0.15, -0.1) is 0 Å². The maximum Gasteiger partial charge on any atom is 0.0541 e. The van der Waals surface area contributed by atoms with Gasteiger partial charge in [0.05, 0.1) is 22.1 Å². The van der Waals surface area contributed by atoms with Crippen LogP contribution in [-0.4, -0.2) is 9.13 Å². The summed E-state index contributed by atoms with van der Waals surface area (Å²) in [4.78, 5) is 4.72. The molecule has 0 bridgehead atoms. The van der Waals surface area contributed by atoms with E-state index >= 15 is 0 Å². The predicted octanol–water partition coefficient (Wildman–Crippen LogP) is 21.9. The fourth-order valence-corrected chi connectivity index (χ4v) is 14.1. The molecule has 0 atom stereocenters. The number of hydrogen-bond acceptors (Lipinski definition) is 2. The van der Waals surface area contributed by atoms with Crippen molar-refractivity contribution >= 4 is 77.7 Å². The van der Waals surface area contributed by atoms with Gasteiger partial charge in [0, 0.05) is 77.9 Å². The summed E-state index contributed by atoms with van der Waals surface area (Å²) in [5, 5.41) is 5.19. The van der Waals surface area contributed by atoms with Gasteiger partial charge in [0.2, 0.25) is 0 Å². The quantitative estimate of drug-likeness (QED) is 0.136. The zero-order valence-corrected chi connectivity index (χ0v) is 47.9. The Kier molecular flexibility index (Phi) is 12.3. The lowest BCUT2D eigenvalue weighted by atomic mass is 9.77. The summed E-state index contributed by atoms with van der Waals surface area (Å²) in [7, 11) is 0. The van der Waals surface area contributed by atoms with Gasteiger partial charge in [-0.2, -0.15) is 0 Å². The van der Waals surface area contributed by atoms with Crippen LogP contribution in [0.5, 0.6) is 0 Å². The lowest BCUT2D eigenvalue weighted by Gasteiger charge is -2.30. The molecule has 14 aromatic rings. The summed E-state index contributed by atoms with van der Waals surface area (Å²) < 4.78 is 4.88. The minimum atomic E-state index is -0.116. The van der Waals surface area contributed by atoms with Crippen LogP contribution >= 0.6 is 0 Å². The number of hydrogen-bond donors (Lipinski definition) is 0. The molecule has 2 aromatic heterocycles. The van der Waals surface area contributed by atoms with E-state index in [1.54, 1.807) is 0 Å². The van der Waals surface area contributed by atoms with Crippen molar-refractivity contribution < 1.29 is 0 Å². The van der Waals surface area contributed by atoms with Gasteiger partial charge in [0.25, 0.3) is 0 Å². The number of benzene rings is 12. The minimum Gasteiger partial charge on any atom is -0.310 e. The summed E-state index contributed by atoms with van der Waals surface area (Å²) in [5.41, 5.74) is 25.2. The number of fused-ring (bicyclic) bond motifs is 12. The van der Waals surface area contributed by atoms with Crippen molar-refractivity contribution in [2.45, 2.75) is 51.4 Å². The first-order chi connectivity index (χ1) is 41.3. The molecule has 84 heavy (non-hydrogen) atoms. The molecular formula is C80H64N4. The second kappa shape index (κ2) is 20.4. The van der Waals surface area contributed by atoms with E-state index in [0.717, 1.165) is 35.6 Å². The molecule has 4 heteroatoms. The molecule has 2 heterocycles. The molecule has 0 unspecified atom stereocenters. The monoisotopic (exact) mass is 1080 g/mol. The van der Waals surface area contributed by atoms with Crippen molar-refractivity contribution in [2.75, 3.05) is 9.80 Å². The zero-order valence-electron chi connectivity index (χ0n) is 47.9. The average molecular weight is 1080 g/mol. The molecule has 2 aliphatic carbocycles. The van der Waals surface area contributed by atoms with E-state index in [4.69, 9.17) is 0 Å². The molecule has 16 rings (SSSR count). The first-order valence-corrected chi connectivity index (χ1v) is 29.7. The third kappa shape index (κ3) is 8.03. The van der Waals surface area contributed by atoms with Crippen molar-refractivity contribution in [3.8, 4) is 33.6 Å². The molecule has 0 fully saturated rings. The van der Waals surface area contributed by atoms with Crippen LogP contribution in [0, 0.1) is 0 Å². The molecule has 0 amide bonds. The van der Waals surface area contributed by atoms with Crippen LogP contribution in [0.4, 0.5) is 34.1 Å². The second-order valence-electron chi connectivity index (χ2n) is 23.0. The Labute approximate surface area is 492 Å². The lowest BCUT2D eigenvalue weighted by molar-refractivity contribution is 0.564. The van der Waals surface area contributed by atoms with E-state index in [9.17, 15) is 0 Å². The van der Waals surface area contributed by atoms with Gasteiger partial charge in [-0.25, -0.2) is 0 Å². The molecule has 404 valence electrons. The largest absolute Gasteiger partial charge is 0.310 e. The van der Waals surface area contributed by atoms with Gasteiger partial charge in [-0.05, 0) is 179 Å². The van der Waals surface area contributed by atoms with Crippen molar-refractivity contribution in [2.24, 2.45) is 0 Å². The van der Waals surface area contributed by atoms with Crippen LogP contribution in [-0.2, 0) is 10.8 Å². The van der Waals surface area contributed by atoms with Crippen molar-refractivity contribution in [1.29, 1.82) is 0 Å². The number of anilines is 6. The van der Waals surface area contributed by atoms with E-state index in [1.165, 1.54) is 111 Å². The SMILES string of the molecule is CCC1(C)c2cc(-n3c4ccccc4c4ccccc43)ccc2-c2ccc(-n3c4ccccc4c4ccccc43)cc21.CCC1(C)c2cc(N(c3ccccc3)c3ccccc3)ccc2-c2ccc(N(c3ccccc3)c3ccccc3)cc21. The van der Waals surface area contributed by atoms with Crippen LogP contribution in [0.1, 0.15) is 62.8 Å². The molecule has 0 N–H and O–H groups in total. The van der Waals surface area contributed by atoms with E-state index in [0.29, 0.717) is 0 Å². The number of aromatic nitrogens is 2. The number of nitrogens with zero attached hydrogens (tertiary/aromatic N) is 4. The number of para-hydroxylation sites is 8. The molecular weight excluding hydrogens is 1020 g/mol. The highest BCUT2D eigenvalue weighted by Gasteiger charge is 2.40. The second-order valence-corrected chi connectivity index (χ2v) is 23.0. The van der Waals surface area contributed by atoms with Crippen molar-refractivity contribution in [3.05, 3.63) is 313 Å². The minimum absolute atomic E-state index is 0.0891. The van der Waals surface area contributed by atoms with Crippen LogP contribution < -0.4 is 9.80 Å². The normalized spacial score (nSPS) is 13.3. The van der Waals surface area contributed by atoms with Crippen LogP contribution in [0.2, 0.25) is 0 Å². The molecule has 0 saturated heterocycles. The van der Waals surface area contributed by atoms with E-state index in [-0.39, 0.29) is 10.8 Å². The van der Waals surface area contributed by atoms with Gasteiger partial charge >= 0.3 is 0 Å². The average Bonchev–Trinajstić information content (AvgIpc) is 1.82. The van der Waals surface area contributed by atoms with E-state index < -0.39 is 0 Å². The highest BCUT2D eigenvalue weighted by molar-refractivity contribution is 6.10. The fraction of sp³-hybridized carbons (Fsp3) is 0.100. The van der Waals surface area contributed by atoms with Crippen molar-refractivity contribution in [1.82, 2.24) is 9.13 Å². The fourth-order valence-electron chi connectivity index (χ4n) is 14.1. The Morgan fingerprint density at radius 2 is 0.512 bits per heavy atom. The Morgan fingerprint density at radius 1 is 0.262 bits per heavy atom. The molecule has 0 saturated carbocycles. The summed E-state index contributed by atoms with van der Waals surface area (Å²) in [6.45, 7) is 9.49. The third-order valence-electron chi connectivity index (χ3n) is 18.6. The maximum absolute atomic E-state index is 2.46. The predicted molar refractivity (Wildman–Crippen MR) is 355 cm³/mol.